The van der Waals surface area contributed by atoms with Crippen LogP contribution in [0.2, 0.25) is 5.02 Å². The van der Waals surface area contributed by atoms with Gasteiger partial charge in [-0.1, -0.05) is 22.9 Å². The van der Waals surface area contributed by atoms with Gasteiger partial charge in [0.05, 0.1) is 29.5 Å². The molecule has 0 unspecified atom stereocenters. The minimum absolute atomic E-state index is 0.0360. The van der Waals surface area contributed by atoms with Crippen molar-refractivity contribution in [1.29, 1.82) is 0 Å². The van der Waals surface area contributed by atoms with Crippen molar-refractivity contribution in [3.63, 3.8) is 0 Å². The standard InChI is InChI=1S/C21H14ClF2N5O3/c22-15-9-19(29-5-4-26-28-29)25-10-13(15)11-32-20-3-1-2-18(27-20)14-8-16(23)12(6-17(14)24)7-21(30)31/h1-6,8-10H,7,11H2,(H,30,31). The summed E-state index contributed by atoms with van der Waals surface area (Å²) < 4.78 is 35.8. The molecule has 0 atom stereocenters. The van der Waals surface area contributed by atoms with Gasteiger partial charge in [0.15, 0.2) is 5.82 Å². The number of carbonyl (C=O) groups is 1. The van der Waals surface area contributed by atoms with Crippen molar-refractivity contribution in [2.24, 2.45) is 0 Å². The van der Waals surface area contributed by atoms with E-state index < -0.39 is 24.0 Å². The summed E-state index contributed by atoms with van der Waals surface area (Å²) in [5.41, 5.74) is 0.353. The van der Waals surface area contributed by atoms with Gasteiger partial charge >= 0.3 is 5.97 Å². The Kier molecular flexibility index (Phi) is 6.04. The summed E-state index contributed by atoms with van der Waals surface area (Å²) in [6, 6.07) is 8.01. The van der Waals surface area contributed by atoms with Crippen molar-refractivity contribution < 1.29 is 23.4 Å². The molecule has 0 aliphatic rings. The van der Waals surface area contributed by atoms with Crippen LogP contribution in [0.4, 0.5) is 8.78 Å². The minimum Gasteiger partial charge on any atom is -0.481 e. The average Bonchev–Trinajstić information content (AvgIpc) is 3.30. The lowest BCUT2D eigenvalue weighted by atomic mass is 10.0. The highest BCUT2D eigenvalue weighted by molar-refractivity contribution is 6.31. The number of aliphatic carboxylic acids is 1. The van der Waals surface area contributed by atoms with E-state index in [4.69, 9.17) is 21.4 Å². The van der Waals surface area contributed by atoms with E-state index in [2.05, 4.69) is 20.3 Å². The number of hydrogen-bond donors (Lipinski definition) is 1. The van der Waals surface area contributed by atoms with Crippen molar-refractivity contribution in [2.75, 3.05) is 0 Å². The summed E-state index contributed by atoms with van der Waals surface area (Å²) in [5, 5.41) is 16.7. The summed E-state index contributed by atoms with van der Waals surface area (Å²) in [4.78, 5) is 19.2. The Hall–Kier alpha value is -3.92. The van der Waals surface area contributed by atoms with Crippen molar-refractivity contribution in [2.45, 2.75) is 13.0 Å². The van der Waals surface area contributed by atoms with Gasteiger partial charge in [0, 0.05) is 35.0 Å². The van der Waals surface area contributed by atoms with Crippen LogP contribution in [0.25, 0.3) is 17.1 Å². The van der Waals surface area contributed by atoms with Crippen LogP contribution in [0, 0.1) is 11.6 Å². The van der Waals surface area contributed by atoms with Gasteiger partial charge in [0.25, 0.3) is 0 Å². The second kappa shape index (κ2) is 9.06. The van der Waals surface area contributed by atoms with Crippen LogP contribution in [0.1, 0.15) is 11.1 Å². The molecule has 11 heteroatoms. The molecule has 4 rings (SSSR count). The van der Waals surface area contributed by atoms with Gasteiger partial charge in [-0.15, -0.1) is 5.10 Å². The number of carboxylic acid groups (broad SMARTS) is 1. The highest BCUT2D eigenvalue weighted by Crippen LogP contribution is 2.27. The molecular formula is C21H14ClF2N5O3. The molecule has 0 saturated carbocycles. The molecule has 0 bridgehead atoms. The van der Waals surface area contributed by atoms with Crippen molar-refractivity contribution in [3.05, 3.63) is 82.8 Å². The lowest BCUT2D eigenvalue weighted by Crippen LogP contribution is -2.05. The van der Waals surface area contributed by atoms with Gasteiger partial charge in [-0.25, -0.2) is 23.4 Å². The molecule has 8 nitrogen and oxygen atoms in total. The Bertz CT molecular complexity index is 1280. The van der Waals surface area contributed by atoms with Crippen molar-refractivity contribution in [3.8, 4) is 23.0 Å². The SMILES string of the molecule is O=C(O)Cc1cc(F)c(-c2cccc(OCc3cnc(-n4ccnn4)cc3Cl)n2)cc1F. The predicted molar refractivity (Wildman–Crippen MR) is 109 cm³/mol. The molecule has 0 radical (unpaired) electrons. The van der Waals surface area contributed by atoms with E-state index in [9.17, 15) is 13.6 Å². The van der Waals surface area contributed by atoms with E-state index in [1.807, 2.05) is 0 Å². The third-order valence-electron chi connectivity index (χ3n) is 4.43. The number of hydrogen-bond acceptors (Lipinski definition) is 6. The number of ether oxygens (including phenoxy) is 1. The Labute approximate surface area is 185 Å². The molecule has 0 spiro atoms. The van der Waals surface area contributed by atoms with Gasteiger partial charge in [-0.05, 0) is 18.2 Å². The van der Waals surface area contributed by atoms with Gasteiger partial charge in [-0.2, -0.15) is 0 Å². The maximum absolute atomic E-state index is 14.5. The number of pyridine rings is 2. The number of benzene rings is 1. The number of rotatable bonds is 7. The summed E-state index contributed by atoms with van der Waals surface area (Å²) in [7, 11) is 0. The molecule has 1 aromatic carbocycles. The van der Waals surface area contributed by atoms with Gasteiger partial charge in [-0.3, -0.25) is 4.79 Å². The van der Waals surface area contributed by atoms with Crippen LogP contribution in [-0.2, 0) is 17.8 Å². The second-order valence-electron chi connectivity index (χ2n) is 6.63. The molecule has 0 fully saturated rings. The van der Waals surface area contributed by atoms with E-state index in [1.54, 1.807) is 24.4 Å². The zero-order valence-electron chi connectivity index (χ0n) is 16.2. The highest BCUT2D eigenvalue weighted by atomic mass is 35.5. The van der Waals surface area contributed by atoms with Crippen LogP contribution in [-0.4, -0.2) is 36.0 Å². The molecule has 1 N–H and O–H groups in total. The van der Waals surface area contributed by atoms with E-state index >= 15 is 0 Å². The van der Waals surface area contributed by atoms with E-state index in [0.29, 0.717) is 16.4 Å². The Morgan fingerprint density at radius 2 is 2.00 bits per heavy atom. The number of aromatic nitrogens is 5. The lowest BCUT2D eigenvalue weighted by Gasteiger charge is -2.10. The van der Waals surface area contributed by atoms with Crippen LogP contribution in [0.15, 0.2) is 55.0 Å². The molecule has 0 saturated heterocycles. The Morgan fingerprint density at radius 3 is 2.72 bits per heavy atom. The molecule has 3 heterocycles. The molecule has 162 valence electrons. The summed E-state index contributed by atoms with van der Waals surface area (Å²) >= 11 is 6.29. The molecule has 3 aromatic heterocycles. The quantitative estimate of drug-likeness (QED) is 0.449. The smallest absolute Gasteiger partial charge is 0.307 e. The van der Waals surface area contributed by atoms with Gasteiger partial charge in [0.2, 0.25) is 5.88 Å². The molecule has 0 aliphatic heterocycles. The average molecular weight is 458 g/mol. The largest absolute Gasteiger partial charge is 0.481 e. The summed E-state index contributed by atoms with van der Waals surface area (Å²) in [6.45, 7) is 0.0360. The third kappa shape index (κ3) is 4.70. The Balaban J connectivity index is 1.52. The predicted octanol–water partition coefficient (Wildman–Crippen LogP) is 3.86. The molecule has 4 aromatic rings. The first kappa shape index (κ1) is 21.3. The lowest BCUT2D eigenvalue weighted by molar-refractivity contribution is -0.136. The maximum atomic E-state index is 14.5. The van der Waals surface area contributed by atoms with Crippen LogP contribution in [0.5, 0.6) is 5.88 Å². The fraction of sp³-hybridized carbons (Fsp3) is 0.0952. The third-order valence-corrected chi connectivity index (χ3v) is 4.78. The van der Waals surface area contributed by atoms with Gasteiger partial charge in [0.1, 0.15) is 18.2 Å². The van der Waals surface area contributed by atoms with Crippen LogP contribution in [0.3, 0.4) is 0 Å². The topological polar surface area (TPSA) is 103 Å². The fourth-order valence-electron chi connectivity index (χ4n) is 2.89. The second-order valence-corrected chi connectivity index (χ2v) is 7.03. The first-order valence-corrected chi connectivity index (χ1v) is 9.59. The fourth-order valence-corrected chi connectivity index (χ4v) is 3.09. The first-order valence-electron chi connectivity index (χ1n) is 9.22. The first-order chi connectivity index (χ1) is 15.4. The maximum Gasteiger partial charge on any atom is 0.307 e. The van der Waals surface area contributed by atoms with Gasteiger partial charge < -0.3 is 9.84 Å². The molecule has 0 amide bonds. The molecular weight excluding hydrogens is 444 g/mol. The molecule has 0 aliphatic carbocycles. The zero-order chi connectivity index (χ0) is 22.7. The monoisotopic (exact) mass is 457 g/mol. The van der Waals surface area contributed by atoms with E-state index in [-0.39, 0.29) is 29.3 Å². The number of halogens is 3. The summed E-state index contributed by atoms with van der Waals surface area (Å²) in [5.74, 6) is -2.23. The number of nitrogens with zero attached hydrogens (tertiary/aromatic N) is 5. The van der Waals surface area contributed by atoms with E-state index in [0.717, 1.165) is 12.1 Å². The van der Waals surface area contributed by atoms with Crippen LogP contribution >= 0.6 is 11.6 Å². The van der Waals surface area contributed by atoms with Crippen molar-refractivity contribution in [1.82, 2.24) is 25.0 Å². The van der Waals surface area contributed by atoms with E-state index in [1.165, 1.54) is 23.1 Å². The normalized spacial score (nSPS) is 10.8. The highest BCUT2D eigenvalue weighted by Gasteiger charge is 2.15. The zero-order valence-corrected chi connectivity index (χ0v) is 17.0. The minimum atomic E-state index is -1.26. The Morgan fingerprint density at radius 1 is 1.16 bits per heavy atom. The molecule has 32 heavy (non-hydrogen) atoms. The van der Waals surface area contributed by atoms with Crippen molar-refractivity contribution >= 4 is 17.6 Å². The number of carboxylic acids is 1. The van der Waals surface area contributed by atoms with Crippen LogP contribution < -0.4 is 4.74 Å². The summed E-state index contributed by atoms with van der Waals surface area (Å²) in [6.07, 6.45) is 4.05.